The fourth-order valence-corrected chi connectivity index (χ4v) is 4.63. The number of carbonyl (C=O) groups is 2. The summed E-state index contributed by atoms with van der Waals surface area (Å²) in [6.45, 7) is 7.23. The molecule has 0 atom stereocenters. The molecule has 0 saturated carbocycles. The second kappa shape index (κ2) is 10.1. The summed E-state index contributed by atoms with van der Waals surface area (Å²) in [6.07, 6.45) is 1.65. The third-order valence-electron chi connectivity index (χ3n) is 4.74. The summed E-state index contributed by atoms with van der Waals surface area (Å²) in [7, 11) is -3.80. The number of aryl methyl sites for hydroxylation is 1. The molecule has 0 aliphatic heterocycles. The number of hydrogen-bond acceptors (Lipinski definition) is 5. The molecule has 1 heterocycles. The summed E-state index contributed by atoms with van der Waals surface area (Å²) in [4.78, 5) is 29.6. The van der Waals surface area contributed by atoms with Gasteiger partial charge in [-0.15, -0.1) is 0 Å². The van der Waals surface area contributed by atoms with E-state index < -0.39 is 21.5 Å². The van der Waals surface area contributed by atoms with Gasteiger partial charge < -0.3 is 10.6 Å². The van der Waals surface area contributed by atoms with Crippen LogP contribution in [-0.4, -0.2) is 30.8 Å². The first-order valence-electron chi connectivity index (χ1n) is 10.7. The van der Waals surface area contributed by atoms with E-state index >= 15 is 0 Å². The minimum atomic E-state index is -3.80. The number of pyridine rings is 1. The van der Waals surface area contributed by atoms with Crippen molar-refractivity contribution in [2.75, 3.05) is 5.32 Å². The first-order chi connectivity index (χ1) is 15.9. The molecular formula is C25H28N4O4S. The molecule has 0 spiro atoms. The number of nitrogens with zero attached hydrogens (tertiary/aromatic N) is 1. The van der Waals surface area contributed by atoms with Crippen LogP contribution in [0.3, 0.4) is 0 Å². The number of rotatable bonds is 7. The molecule has 0 fully saturated rings. The van der Waals surface area contributed by atoms with Crippen molar-refractivity contribution in [2.45, 2.75) is 44.7 Å². The molecule has 9 heteroatoms. The fourth-order valence-electron chi connectivity index (χ4n) is 3.19. The Hall–Kier alpha value is -3.56. The molecule has 8 nitrogen and oxygen atoms in total. The Bertz CT molecular complexity index is 1300. The molecule has 0 aliphatic carbocycles. The zero-order valence-corrected chi connectivity index (χ0v) is 20.4. The van der Waals surface area contributed by atoms with Crippen molar-refractivity contribution < 1.29 is 18.0 Å². The Labute approximate surface area is 199 Å². The van der Waals surface area contributed by atoms with Crippen molar-refractivity contribution in [3.63, 3.8) is 0 Å². The SMILES string of the molecule is Cc1ccc(S(=O)(=O)NC(C)(C)C)cc1C(=O)Nc1cccc(C(=O)NCc2ccccn2)c1. The van der Waals surface area contributed by atoms with Crippen LogP contribution < -0.4 is 15.4 Å². The van der Waals surface area contributed by atoms with Crippen molar-refractivity contribution in [1.29, 1.82) is 0 Å². The molecule has 178 valence electrons. The van der Waals surface area contributed by atoms with Crippen LogP contribution in [0, 0.1) is 6.92 Å². The van der Waals surface area contributed by atoms with E-state index in [2.05, 4.69) is 20.3 Å². The highest BCUT2D eigenvalue weighted by atomic mass is 32.2. The molecule has 1 aromatic heterocycles. The molecule has 2 amide bonds. The van der Waals surface area contributed by atoms with Crippen molar-refractivity contribution in [3.05, 3.63) is 89.2 Å². The minimum absolute atomic E-state index is 0.000764. The van der Waals surface area contributed by atoms with Gasteiger partial charge in [0, 0.05) is 28.6 Å². The van der Waals surface area contributed by atoms with E-state index in [4.69, 9.17) is 0 Å². The first kappa shape index (κ1) is 25.1. The van der Waals surface area contributed by atoms with E-state index in [9.17, 15) is 18.0 Å². The van der Waals surface area contributed by atoms with Crippen LogP contribution in [0.2, 0.25) is 0 Å². The van der Waals surface area contributed by atoms with E-state index in [0.29, 0.717) is 16.8 Å². The van der Waals surface area contributed by atoms with E-state index in [1.807, 2.05) is 12.1 Å². The van der Waals surface area contributed by atoms with Gasteiger partial charge in [-0.25, -0.2) is 13.1 Å². The van der Waals surface area contributed by atoms with Crippen LogP contribution in [0.15, 0.2) is 71.8 Å². The van der Waals surface area contributed by atoms with Gasteiger partial charge in [-0.2, -0.15) is 0 Å². The zero-order valence-electron chi connectivity index (χ0n) is 19.5. The number of hydrogen-bond donors (Lipinski definition) is 3. The molecule has 34 heavy (non-hydrogen) atoms. The van der Waals surface area contributed by atoms with Crippen LogP contribution >= 0.6 is 0 Å². The summed E-state index contributed by atoms with van der Waals surface area (Å²) in [5, 5.41) is 5.54. The van der Waals surface area contributed by atoms with Crippen molar-refractivity contribution in [2.24, 2.45) is 0 Å². The highest BCUT2D eigenvalue weighted by molar-refractivity contribution is 7.89. The molecule has 0 unspecified atom stereocenters. The maximum Gasteiger partial charge on any atom is 0.255 e. The van der Waals surface area contributed by atoms with Gasteiger partial charge in [0.1, 0.15) is 0 Å². The average molecular weight is 481 g/mol. The molecular weight excluding hydrogens is 452 g/mol. The maximum atomic E-state index is 13.0. The quantitative estimate of drug-likeness (QED) is 0.477. The summed E-state index contributed by atoms with van der Waals surface area (Å²) in [6, 6.07) is 16.4. The number of carbonyl (C=O) groups excluding carboxylic acids is 2. The van der Waals surface area contributed by atoms with E-state index in [-0.39, 0.29) is 22.9 Å². The fraction of sp³-hybridized carbons (Fsp3) is 0.240. The van der Waals surface area contributed by atoms with Gasteiger partial charge in [-0.3, -0.25) is 14.6 Å². The number of benzene rings is 2. The number of aromatic nitrogens is 1. The average Bonchev–Trinajstić information content (AvgIpc) is 2.77. The lowest BCUT2D eigenvalue weighted by atomic mass is 10.1. The second-order valence-corrected chi connectivity index (χ2v) is 10.6. The number of anilines is 1. The number of nitrogens with one attached hydrogen (secondary N) is 3. The first-order valence-corrected chi connectivity index (χ1v) is 12.2. The normalized spacial score (nSPS) is 11.6. The molecule has 3 rings (SSSR count). The Morgan fingerprint density at radius 1 is 0.941 bits per heavy atom. The van der Waals surface area contributed by atoms with Gasteiger partial charge in [-0.1, -0.05) is 18.2 Å². The lowest BCUT2D eigenvalue weighted by molar-refractivity contribution is 0.0949. The largest absolute Gasteiger partial charge is 0.346 e. The van der Waals surface area contributed by atoms with Crippen molar-refractivity contribution in [1.82, 2.24) is 15.0 Å². The third-order valence-corrected chi connectivity index (χ3v) is 6.50. The summed E-state index contributed by atoms with van der Waals surface area (Å²) in [5.41, 5.74) is 1.70. The number of amides is 2. The predicted octanol–water partition coefficient (Wildman–Crippen LogP) is 3.65. The van der Waals surface area contributed by atoms with E-state index in [0.717, 1.165) is 5.69 Å². The Kier molecular flexibility index (Phi) is 7.48. The summed E-state index contributed by atoms with van der Waals surface area (Å²) < 4.78 is 28.0. The Morgan fingerprint density at radius 2 is 1.71 bits per heavy atom. The topological polar surface area (TPSA) is 117 Å². The molecule has 0 radical (unpaired) electrons. The van der Waals surface area contributed by atoms with E-state index in [1.165, 1.54) is 12.1 Å². The van der Waals surface area contributed by atoms with Crippen LogP contribution in [0.5, 0.6) is 0 Å². The van der Waals surface area contributed by atoms with Gasteiger partial charge in [0.2, 0.25) is 10.0 Å². The molecule has 2 aromatic carbocycles. The lowest BCUT2D eigenvalue weighted by Gasteiger charge is -2.20. The van der Waals surface area contributed by atoms with E-state index in [1.54, 1.807) is 70.3 Å². The maximum absolute atomic E-state index is 13.0. The molecule has 0 bridgehead atoms. The standard InChI is InChI=1S/C25H28N4O4S/c1-17-11-12-21(34(32,33)29-25(2,3)4)15-22(17)24(31)28-19-10-7-8-18(14-19)23(30)27-16-20-9-5-6-13-26-20/h5-15,29H,16H2,1-4H3,(H,27,30)(H,28,31). The minimum Gasteiger partial charge on any atom is -0.346 e. The summed E-state index contributed by atoms with van der Waals surface area (Å²) >= 11 is 0. The lowest BCUT2D eigenvalue weighted by Crippen LogP contribution is -2.40. The monoisotopic (exact) mass is 480 g/mol. The van der Waals surface area contributed by atoms with Crippen molar-refractivity contribution >= 4 is 27.5 Å². The zero-order chi connectivity index (χ0) is 24.9. The highest BCUT2D eigenvalue weighted by Gasteiger charge is 2.23. The van der Waals surface area contributed by atoms with Crippen LogP contribution in [0.1, 0.15) is 52.7 Å². The second-order valence-electron chi connectivity index (χ2n) is 8.87. The predicted molar refractivity (Wildman–Crippen MR) is 131 cm³/mol. The third kappa shape index (κ3) is 6.72. The van der Waals surface area contributed by atoms with Crippen molar-refractivity contribution in [3.8, 4) is 0 Å². The highest BCUT2D eigenvalue weighted by Crippen LogP contribution is 2.20. The molecule has 0 aliphatic rings. The molecule has 3 N–H and O–H groups in total. The Balaban J connectivity index is 1.75. The van der Waals surface area contributed by atoms with Gasteiger partial charge in [0.15, 0.2) is 0 Å². The van der Waals surface area contributed by atoms with Gasteiger partial charge in [0.05, 0.1) is 17.1 Å². The van der Waals surface area contributed by atoms with Gasteiger partial charge >= 0.3 is 0 Å². The summed E-state index contributed by atoms with van der Waals surface area (Å²) in [5.74, 6) is -0.782. The van der Waals surface area contributed by atoms with Crippen LogP contribution in [-0.2, 0) is 16.6 Å². The van der Waals surface area contributed by atoms with Crippen LogP contribution in [0.4, 0.5) is 5.69 Å². The smallest absolute Gasteiger partial charge is 0.255 e. The number of sulfonamides is 1. The van der Waals surface area contributed by atoms with Gasteiger partial charge in [0.25, 0.3) is 11.8 Å². The molecule has 3 aromatic rings. The van der Waals surface area contributed by atoms with Gasteiger partial charge in [-0.05, 0) is 75.7 Å². The van der Waals surface area contributed by atoms with Crippen LogP contribution in [0.25, 0.3) is 0 Å². The molecule has 0 saturated heterocycles. The Morgan fingerprint density at radius 3 is 2.38 bits per heavy atom.